The van der Waals surface area contributed by atoms with Crippen LogP contribution in [-0.4, -0.2) is 23.9 Å². The van der Waals surface area contributed by atoms with Gasteiger partial charge in [0.25, 0.3) is 0 Å². The summed E-state index contributed by atoms with van der Waals surface area (Å²) in [5, 5.41) is 0. The molecule has 0 bridgehead atoms. The lowest BCUT2D eigenvalue weighted by Gasteiger charge is -2.32. The van der Waals surface area contributed by atoms with Crippen molar-refractivity contribution < 1.29 is 28.7 Å². The molecule has 0 aromatic carbocycles. The first-order chi connectivity index (χ1) is 7.29. The first kappa shape index (κ1) is 10.8. The van der Waals surface area contributed by atoms with Gasteiger partial charge in [-0.3, -0.25) is 19.2 Å². The van der Waals surface area contributed by atoms with E-state index in [1.165, 1.54) is 13.8 Å². The van der Waals surface area contributed by atoms with E-state index in [1.54, 1.807) is 0 Å². The van der Waals surface area contributed by atoms with Crippen LogP contribution in [0.2, 0.25) is 0 Å². The Morgan fingerprint density at radius 3 is 1.31 bits per heavy atom. The first-order valence-corrected chi connectivity index (χ1v) is 4.80. The Balaban J connectivity index is 2.44. The van der Waals surface area contributed by atoms with Gasteiger partial charge in [-0.15, -0.1) is 0 Å². The third-order valence-electron chi connectivity index (χ3n) is 3.53. The molecule has 2 aliphatic rings. The molecule has 2 rings (SSSR count). The summed E-state index contributed by atoms with van der Waals surface area (Å²) in [4.78, 5) is 45.3. The second-order valence-electron chi connectivity index (χ2n) is 4.54. The monoisotopic (exact) mass is 226 g/mol. The van der Waals surface area contributed by atoms with Crippen molar-refractivity contribution in [1.29, 1.82) is 0 Å². The Labute approximate surface area is 90.9 Å². The van der Waals surface area contributed by atoms with Gasteiger partial charge in [0.05, 0.1) is 23.7 Å². The van der Waals surface area contributed by atoms with Crippen LogP contribution in [0.15, 0.2) is 0 Å². The number of rotatable bonds is 1. The SMILES string of the molecule is CC1(C2(C)CC(=O)OC2=O)CC(=O)OC1=O. The van der Waals surface area contributed by atoms with Crippen LogP contribution in [0, 0.1) is 10.8 Å². The lowest BCUT2D eigenvalue weighted by molar-refractivity contribution is -0.165. The van der Waals surface area contributed by atoms with Crippen LogP contribution in [0.5, 0.6) is 0 Å². The molecule has 0 aliphatic carbocycles. The number of ether oxygens (including phenoxy) is 2. The second-order valence-corrected chi connectivity index (χ2v) is 4.54. The average Bonchev–Trinajstić information content (AvgIpc) is 2.54. The Morgan fingerprint density at radius 1 is 0.812 bits per heavy atom. The van der Waals surface area contributed by atoms with Gasteiger partial charge in [0.15, 0.2) is 0 Å². The fraction of sp³-hybridized carbons (Fsp3) is 0.600. The molecule has 0 spiro atoms. The standard InChI is InChI=1S/C10H10O6/c1-9(3-5(11)15-7(9)13)10(2)4-6(12)16-8(10)14/h3-4H2,1-2H3. The van der Waals surface area contributed by atoms with Crippen LogP contribution < -0.4 is 0 Å². The maximum absolute atomic E-state index is 11.6. The van der Waals surface area contributed by atoms with E-state index in [0.717, 1.165) is 0 Å². The predicted molar refractivity (Wildman–Crippen MR) is 47.6 cm³/mol. The van der Waals surface area contributed by atoms with Crippen molar-refractivity contribution in [2.24, 2.45) is 10.8 Å². The Morgan fingerprint density at radius 2 is 1.12 bits per heavy atom. The summed E-state index contributed by atoms with van der Waals surface area (Å²) in [6.07, 6.45) is -0.407. The first-order valence-electron chi connectivity index (χ1n) is 4.80. The molecule has 2 unspecified atom stereocenters. The minimum absolute atomic E-state index is 0.204. The molecule has 2 atom stereocenters. The molecule has 0 amide bonds. The summed E-state index contributed by atoms with van der Waals surface area (Å²) in [5.74, 6) is -2.90. The number of hydrogen-bond acceptors (Lipinski definition) is 6. The summed E-state index contributed by atoms with van der Waals surface area (Å²) < 4.78 is 8.88. The van der Waals surface area contributed by atoms with Crippen LogP contribution in [0.3, 0.4) is 0 Å². The van der Waals surface area contributed by atoms with Crippen LogP contribution in [0.25, 0.3) is 0 Å². The van der Waals surface area contributed by atoms with E-state index in [-0.39, 0.29) is 12.8 Å². The number of cyclic esters (lactones) is 4. The summed E-state index contributed by atoms with van der Waals surface area (Å²) >= 11 is 0. The molecule has 0 N–H and O–H groups in total. The number of esters is 4. The van der Waals surface area contributed by atoms with Gasteiger partial charge in [0, 0.05) is 0 Å². The molecule has 0 saturated carbocycles. The zero-order valence-corrected chi connectivity index (χ0v) is 8.86. The fourth-order valence-electron chi connectivity index (χ4n) is 2.07. The maximum Gasteiger partial charge on any atom is 0.321 e. The number of carbonyl (C=O) groups is 4. The highest BCUT2D eigenvalue weighted by Crippen LogP contribution is 2.52. The third kappa shape index (κ3) is 1.12. The van der Waals surface area contributed by atoms with Gasteiger partial charge >= 0.3 is 23.9 Å². The molecule has 86 valence electrons. The highest BCUT2D eigenvalue weighted by atomic mass is 16.6. The van der Waals surface area contributed by atoms with Crippen LogP contribution in [-0.2, 0) is 28.7 Å². The van der Waals surface area contributed by atoms with E-state index >= 15 is 0 Å². The molecule has 0 aromatic heterocycles. The van der Waals surface area contributed by atoms with Crippen molar-refractivity contribution in [1.82, 2.24) is 0 Å². The third-order valence-corrected chi connectivity index (χ3v) is 3.53. The lowest BCUT2D eigenvalue weighted by atomic mass is 9.63. The summed E-state index contributed by atoms with van der Waals surface area (Å²) in [6, 6.07) is 0. The van der Waals surface area contributed by atoms with Crippen LogP contribution in [0.1, 0.15) is 26.7 Å². The largest absolute Gasteiger partial charge is 0.393 e. The fourth-order valence-corrected chi connectivity index (χ4v) is 2.07. The van der Waals surface area contributed by atoms with Gasteiger partial charge in [-0.05, 0) is 13.8 Å². The zero-order valence-electron chi connectivity index (χ0n) is 8.86. The molecule has 2 aliphatic heterocycles. The van der Waals surface area contributed by atoms with E-state index in [0.29, 0.717) is 0 Å². The average molecular weight is 226 g/mol. The topological polar surface area (TPSA) is 86.7 Å². The molecule has 0 radical (unpaired) electrons. The molecule has 2 heterocycles. The number of hydrogen-bond donors (Lipinski definition) is 0. The van der Waals surface area contributed by atoms with Crippen molar-refractivity contribution in [3.05, 3.63) is 0 Å². The number of carbonyl (C=O) groups excluding carboxylic acids is 4. The quantitative estimate of drug-likeness (QED) is 0.460. The zero-order chi connectivity index (χ0) is 12.1. The highest BCUT2D eigenvalue weighted by Gasteiger charge is 2.65. The van der Waals surface area contributed by atoms with Crippen molar-refractivity contribution >= 4 is 23.9 Å². The van der Waals surface area contributed by atoms with Crippen molar-refractivity contribution in [2.45, 2.75) is 26.7 Å². The summed E-state index contributed by atoms with van der Waals surface area (Å²) in [7, 11) is 0. The van der Waals surface area contributed by atoms with Crippen molar-refractivity contribution in [2.75, 3.05) is 0 Å². The molecule has 6 heteroatoms. The Kier molecular flexibility index (Phi) is 1.95. The molecule has 16 heavy (non-hydrogen) atoms. The van der Waals surface area contributed by atoms with E-state index in [4.69, 9.17) is 0 Å². The van der Waals surface area contributed by atoms with E-state index < -0.39 is 34.7 Å². The predicted octanol–water partition coefficient (Wildman–Crippen LogP) is -0.0540. The molecular formula is C10H10O6. The highest BCUT2D eigenvalue weighted by molar-refractivity contribution is 6.05. The summed E-state index contributed by atoms with van der Waals surface area (Å²) in [5.41, 5.74) is -2.62. The van der Waals surface area contributed by atoms with Gasteiger partial charge in [-0.2, -0.15) is 0 Å². The second kappa shape index (κ2) is 2.90. The van der Waals surface area contributed by atoms with Crippen LogP contribution in [0.4, 0.5) is 0 Å². The smallest absolute Gasteiger partial charge is 0.321 e. The molecule has 2 saturated heterocycles. The Bertz CT molecular complexity index is 385. The van der Waals surface area contributed by atoms with Crippen molar-refractivity contribution in [3.63, 3.8) is 0 Å². The molecule has 6 nitrogen and oxygen atoms in total. The lowest BCUT2D eigenvalue weighted by Crippen LogP contribution is -2.44. The van der Waals surface area contributed by atoms with Gasteiger partial charge in [0.2, 0.25) is 0 Å². The van der Waals surface area contributed by atoms with Gasteiger partial charge in [0.1, 0.15) is 0 Å². The minimum Gasteiger partial charge on any atom is -0.393 e. The maximum atomic E-state index is 11.6. The molecule has 2 fully saturated rings. The minimum atomic E-state index is -1.31. The van der Waals surface area contributed by atoms with E-state index in [2.05, 4.69) is 9.47 Å². The van der Waals surface area contributed by atoms with Gasteiger partial charge in [-0.1, -0.05) is 0 Å². The molecular weight excluding hydrogens is 216 g/mol. The van der Waals surface area contributed by atoms with Crippen LogP contribution >= 0.6 is 0 Å². The van der Waals surface area contributed by atoms with Crippen molar-refractivity contribution in [3.8, 4) is 0 Å². The Hall–Kier alpha value is -1.72. The summed E-state index contributed by atoms with van der Waals surface area (Å²) in [6.45, 7) is 2.89. The van der Waals surface area contributed by atoms with Gasteiger partial charge < -0.3 is 9.47 Å². The van der Waals surface area contributed by atoms with Gasteiger partial charge in [-0.25, -0.2) is 0 Å². The van der Waals surface area contributed by atoms with E-state index in [1.807, 2.05) is 0 Å². The normalized spacial score (nSPS) is 38.9. The molecule has 0 aromatic rings. The van der Waals surface area contributed by atoms with E-state index in [9.17, 15) is 19.2 Å².